The van der Waals surface area contributed by atoms with Crippen LogP contribution in [0.2, 0.25) is 0 Å². The van der Waals surface area contributed by atoms with E-state index < -0.39 is 0 Å². The maximum Gasteiger partial charge on any atom is 0.126 e. The summed E-state index contributed by atoms with van der Waals surface area (Å²) in [6.45, 7) is 1.81. The molecule has 0 bridgehead atoms. The molecule has 17 heavy (non-hydrogen) atoms. The van der Waals surface area contributed by atoms with Crippen molar-refractivity contribution in [1.29, 1.82) is 0 Å². The summed E-state index contributed by atoms with van der Waals surface area (Å²) in [5.41, 5.74) is 1.80. The number of hydrogen-bond donors (Lipinski definition) is 1. The Bertz CT molecular complexity index is 374. The van der Waals surface area contributed by atoms with Crippen LogP contribution in [0.25, 0.3) is 0 Å². The van der Waals surface area contributed by atoms with Crippen molar-refractivity contribution in [2.75, 3.05) is 12.8 Å². The van der Waals surface area contributed by atoms with E-state index in [1.54, 1.807) is 6.07 Å². The SMILES string of the molecule is CNC(c1ccc(C)c(F)c1)C1CCCCS1. The lowest BCUT2D eigenvalue weighted by atomic mass is 9.98. The van der Waals surface area contributed by atoms with E-state index in [0.29, 0.717) is 5.25 Å². The van der Waals surface area contributed by atoms with Gasteiger partial charge in [-0.2, -0.15) is 11.8 Å². The van der Waals surface area contributed by atoms with Gasteiger partial charge < -0.3 is 5.32 Å². The lowest BCUT2D eigenvalue weighted by Crippen LogP contribution is -2.29. The van der Waals surface area contributed by atoms with Crippen LogP contribution in [-0.2, 0) is 0 Å². The average Bonchev–Trinajstić information content (AvgIpc) is 2.36. The van der Waals surface area contributed by atoms with E-state index in [2.05, 4.69) is 11.4 Å². The number of thioether (sulfide) groups is 1. The molecule has 0 aromatic heterocycles. The Kier molecular flexibility index (Phi) is 4.46. The van der Waals surface area contributed by atoms with Crippen LogP contribution in [0.4, 0.5) is 4.39 Å². The molecule has 1 N–H and O–H groups in total. The molecular weight excluding hydrogens is 233 g/mol. The zero-order valence-corrected chi connectivity index (χ0v) is 11.3. The maximum atomic E-state index is 13.6. The van der Waals surface area contributed by atoms with Gasteiger partial charge in [-0.3, -0.25) is 0 Å². The van der Waals surface area contributed by atoms with Gasteiger partial charge in [0.05, 0.1) is 0 Å². The van der Waals surface area contributed by atoms with Crippen LogP contribution in [0.5, 0.6) is 0 Å². The number of nitrogens with one attached hydrogen (secondary N) is 1. The molecule has 1 fully saturated rings. The molecule has 94 valence electrons. The number of rotatable bonds is 3. The van der Waals surface area contributed by atoms with E-state index in [0.717, 1.165) is 11.1 Å². The topological polar surface area (TPSA) is 12.0 Å². The molecule has 1 heterocycles. The van der Waals surface area contributed by atoms with Crippen molar-refractivity contribution in [1.82, 2.24) is 5.32 Å². The molecule has 1 aromatic carbocycles. The fourth-order valence-corrected chi connectivity index (χ4v) is 3.89. The quantitative estimate of drug-likeness (QED) is 0.882. The van der Waals surface area contributed by atoms with Crippen molar-refractivity contribution < 1.29 is 4.39 Å². The summed E-state index contributed by atoms with van der Waals surface area (Å²) < 4.78 is 13.6. The molecule has 1 aliphatic rings. The molecule has 0 saturated carbocycles. The van der Waals surface area contributed by atoms with Gasteiger partial charge in [0.25, 0.3) is 0 Å². The summed E-state index contributed by atoms with van der Waals surface area (Å²) in [5.74, 6) is 1.14. The molecule has 2 rings (SSSR count). The highest BCUT2D eigenvalue weighted by Gasteiger charge is 2.24. The zero-order chi connectivity index (χ0) is 12.3. The Morgan fingerprint density at radius 2 is 2.24 bits per heavy atom. The van der Waals surface area contributed by atoms with E-state index in [1.165, 1.54) is 25.0 Å². The van der Waals surface area contributed by atoms with E-state index in [1.807, 2.05) is 31.8 Å². The number of hydrogen-bond acceptors (Lipinski definition) is 2. The van der Waals surface area contributed by atoms with Crippen molar-refractivity contribution in [2.24, 2.45) is 0 Å². The highest BCUT2D eigenvalue weighted by molar-refractivity contribution is 8.00. The summed E-state index contributed by atoms with van der Waals surface area (Å²) in [4.78, 5) is 0. The van der Waals surface area contributed by atoms with Crippen molar-refractivity contribution in [3.8, 4) is 0 Å². The first-order chi connectivity index (χ1) is 8.22. The summed E-state index contributed by atoms with van der Waals surface area (Å²) in [5, 5.41) is 3.93. The Labute approximate surface area is 107 Å². The van der Waals surface area contributed by atoms with E-state index >= 15 is 0 Å². The number of aryl methyl sites for hydroxylation is 1. The lowest BCUT2D eigenvalue weighted by molar-refractivity contribution is 0.512. The minimum Gasteiger partial charge on any atom is -0.312 e. The molecule has 1 saturated heterocycles. The van der Waals surface area contributed by atoms with Gasteiger partial charge in [-0.15, -0.1) is 0 Å². The van der Waals surface area contributed by atoms with Crippen LogP contribution in [0.3, 0.4) is 0 Å². The zero-order valence-electron chi connectivity index (χ0n) is 10.5. The monoisotopic (exact) mass is 253 g/mol. The van der Waals surface area contributed by atoms with Crippen LogP contribution < -0.4 is 5.32 Å². The molecule has 0 radical (unpaired) electrons. The Hall–Kier alpha value is -0.540. The van der Waals surface area contributed by atoms with Crippen molar-refractivity contribution in [3.05, 3.63) is 35.1 Å². The maximum absolute atomic E-state index is 13.6. The Balaban J connectivity index is 2.18. The van der Waals surface area contributed by atoms with Gasteiger partial charge in [0.15, 0.2) is 0 Å². The van der Waals surface area contributed by atoms with Crippen LogP contribution >= 0.6 is 11.8 Å². The average molecular weight is 253 g/mol. The van der Waals surface area contributed by atoms with Gasteiger partial charge in [-0.25, -0.2) is 4.39 Å². The van der Waals surface area contributed by atoms with Crippen molar-refractivity contribution in [2.45, 2.75) is 37.5 Å². The van der Waals surface area contributed by atoms with Crippen LogP contribution in [0.1, 0.15) is 36.4 Å². The van der Waals surface area contributed by atoms with Crippen molar-refractivity contribution in [3.63, 3.8) is 0 Å². The lowest BCUT2D eigenvalue weighted by Gasteiger charge is -2.30. The first-order valence-corrected chi connectivity index (χ1v) is 7.32. The van der Waals surface area contributed by atoms with Gasteiger partial charge in [0.2, 0.25) is 0 Å². The molecule has 1 aromatic rings. The molecule has 0 aliphatic carbocycles. The standard InChI is InChI=1S/C14H20FNS/c1-10-6-7-11(9-12(10)15)14(16-2)13-5-3-4-8-17-13/h6-7,9,13-14,16H,3-5,8H2,1-2H3. The van der Waals surface area contributed by atoms with Gasteiger partial charge in [0.1, 0.15) is 5.82 Å². The molecule has 2 unspecified atom stereocenters. The molecule has 1 aliphatic heterocycles. The second-order valence-corrected chi connectivity index (χ2v) is 6.03. The molecule has 2 atom stereocenters. The first kappa shape index (κ1) is 12.9. The third-order valence-corrected chi connectivity index (χ3v) is 4.91. The summed E-state index contributed by atoms with van der Waals surface area (Å²) in [6, 6.07) is 5.89. The summed E-state index contributed by atoms with van der Waals surface area (Å²) in [7, 11) is 1.97. The van der Waals surface area contributed by atoms with Gasteiger partial charge in [-0.05, 0) is 49.8 Å². The molecular formula is C14H20FNS. The fraction of sp³-hybridized carbons (Fsp3) is 0.571. The number of halogens is 1. The van der Waals surface area contributed by atoms with Crippen molar-refractivity contribution >= 4 is 11.8 Å². The van der Waals surface area contributed by atoms with E-state index in [9.17, 15) is 4.39 Å². The predicted molar refractivity (Wildman–Crippen MR) is 73.0 cm³/mol. The van der Waals surface area contributed by atoms with E-state index in [-0.39, 0.29) is 11.9 Å². The van der Waals surface area contributed by atoms with Crippen LogP contribution in [0.15, 0.2) is 18.2 Å². The Morgan fingerprint density at radius 3 is 2.82 bits per heavy atom. The van der Waals surface area contributed by atoms with Crippen LogP contribution in [0, 0.1) is 12.7 Å². The number of benzene rings is 1. The molecule has 0 amide bonds. The minimum absolute atomic E-state index is 0.0939. The van der Waals surface area contributed by atoms with Gasteiger partial charge in [-0.1, -0.05) is 18.6 Å². The second-order valence-electron chi connectivity index (χ2n) is 4.68. The van der Waals surface area contributed by atoms with Crippen LogP contribution in [-0.4, -0.2) is 18.1 Å². The Morgan fingerprint density at radius 1 is 1.41 bits per heavy atom. The molecule has 0 spiro atoms. The first-order valence-electron chi connectivity index (χ1n) is 6.27. The molecule has 3 heteroatoms. The third kappa shape index (κ3) is 3.02. The second kappa shape index (κ2) is 5.87. The highest BCUT2D eigenvalue weighted by atomic mass is 32.2. The minimum atomic E-state index is -0.0939. The molecule has 1 nitrogen and oxygen atoms in total. The third-order valence-electron chi connectivity index (χ3n) is 3.45. The predicted octanol–water partition coefficient (Wildman–Crippen LogP) is 3.68. The van der Waals surface area contributed by atoms with Gasteiger partial charge >= 0.3 is 0 Å². The highest BCUT2D eigenvalue weighted by Crippen LogP contribution is 2.34. The largest absolute Gasteiger partial charge is 0.312 e. The van der Waals surface area contributed by atoms with E-state index in [4.69, 9.17) is 0 Å². The normalized spacial score (nSPS) is 22.4. The summed E-state index contributed by atoms with van der Waals surface area (Å²) >= 11 is 2.02. The van der Waals surface area contributed by atoms with Gasteiger partial charge in [0, 0.05) is 11.3 Å². The fourth-order valence-electron chi connectivity index (χ4n) is 2.40. The smallest absolute Gasteiger partial charge is 0.126 e. The summed E-state index contributed by atoms with van der Waals surface area (Å²) in [6.07, 6.45) is 3.84.